The number of aryl methyl sites for hydroxylation is 1. The zero-order chi connectivity index (χ0) is 23.2. The normalized spacial score (nSPS) is 21.1. The van der Waals surface area contributed by atoms with Crippen molar-refractivity contribution in [1.29, 1.82) is 0 Å². The Morgan fingerprint density at radius 3 is 2.73 bits per heavy atom. The molecule has 1 aliphatic heterocycles. The molecule has 0 fully saturated rings. The van der Waals surface area contributed by atoms with Gasteiger partial charge in [-0.3, -0.25) is 4.72 Å². The molecule has 0 spiro atoms. The van der Waals surface area contributed by atoms with Crippen molar-refractivity contribution in [1.82, 2.24) is 0 Å². The molecule has 0 aromatic heterocycles. The third kappa shape index (κ3) is 4.09. The third-order valence-electron chi connectivity index (χ3n) is 6.53. The van der Waals surface area contributed by atoms with Crippen LogP contribution in [0.1, 0.15) is 35.1 Å². The second-order valence-electron chi connectivity index (χ2n) is 8.57. The smallest absolute Gasteiger partial charge is 0.261 e. The molecule has 5 nitrogen and oxygen atoms in total. The van der Waals surface area contributed by atoms with Gasteiger partial charge in [0.15, 0.2) is 0 Å². The van der Waals surface area contributed by atoms with Crippen LogP contribution < -0.4 is 14.8 Å². The molecule has 1 heterocycles. The highest BCUT2D eigenvalue weighted by atomic mass is 35.5. The number of hydrogen-bond donors (Lipinski definition) is 2. The molecular weight excluding hydrogens is 456 g/mol. The largest absolute Gasteiger partial charge is 0.497 e. The van der Waals surface area contributed by atoms with Crippen LogP contribution in [-0.2, 0) is 10.0 Å². The van der Waals surface area contributed by atoms with E-state index in [0.717, 1.165) is 34.5 Å². The van der Waals surface area contributed by atoms with Crippen LogP contribution >= 0.6 is 11.6 Å². The van der Waals surface area contributed by atoms with Crippen LogP contribution in [0.5, 0.6) is 5.75 Å². The first-order valence-corrected chi connectivity index (χ1v) is 12.7. The summed E-state index contributed by atoms with van der Waals surface area (Å²) < 4.78 is 34.5. The summed E-state index contributed by atoms with van der Waals surface area (Å²) in [5.41, 5.74) is 4.41. The molecular formula is C26H25ClN2O3S. The molecule has 0 amide bonds. The highest BCUT2D eigenvalue weighted by Crippen LogP contribution is 2.50. The van der Waals surface area contributed by atoms with Crippen LogP contribution in [0.25, 0.3) is 0 Å². The Kier molecular flexibility index (Phi) is 5.59. The van der Waals surface area contributed by atoms with Crippen molar-refractivity contribution in [2.75, 3.05) is 17.1 Å². The van der Waals surface area contributed by atoms with Crippen LogP contribution in [0.3, 0.4) is 0 Å². The molecule has 0 radical (unpaired) electrons. The number of rotatable bonds is 5. The number of allylic oxidation sites excluding steroid dienone is 2. The van der Waals surface area contributed by atoms with E-state index < -0.39 is 10.0 Å². The van der Waals surface area contributed by atoms with E-state index in [1.807, 2.05) is 25.1 Å². The first-order chi connectivity index (χ1) is 15.9. The predicted molar refractivity (Wildman–Crippen MR) is 133 cm³/mol. The summed E-state index contributed by atoms with van der Waals surface area (Å²) in [5, 5.41) is 4.22. The van der Waals surface area contributed by atoms with Gasteiger partial charge in [-0.15, -0.1) is 0 Å². The van der Waals surface area contributed by atoms with Crippen molar-refractivity contribution >= 4 is 33.0 Å². The van der Waals surface area contributed by atoms with Gasteiger partial charge < -0.3 is 10.1 Å². The number of methoxy groups -OCH3 is 1. The van der Waals surface area contributed by atoms with Crippen LogP contribution in [0.4, 0.5) is 11.4 Å². The minimum absolute atomic E-state index is 0.116. The fraction of sp³-hybridized carbons (Fsp3) is 0.231. The van der Waals surface area contributed by atoms with Gasteiger partial charge in [0, 0.05) is 16.6 Å². The van der Waals surface area contributed by atoms with Crippen molar-refractivity contribution in [2.45, 2.75) is 30.2 Å². The maximum Gasteiger partial charge on any atom is 0.261 e. The lowest BCUT2D eigenvalue weighted by molar-refractivity contribution is 0.406. The van der Waals surface area contributed by atoms with Gasteiger partial charge in [0.2, 0.25) is 0 Å². The number of benzene rings is 3. The zero-order valence-electron chi connectivity index (χ0n) is 18.4. The summed E-state index contributed by atoms with van der Waals surface area (Å²) in [4.78, 5) is 0.247. The van der Waals surface area contributed by atoms with Gasteiger partial charge in [-0.1, -0.05) is 35.9 Å². The number of fused-ring (bicyclic) bond motifs is 3. The predicted octanol–water partition coefficient (Wildman–Crippen LogP) is 6.28. The molecule has 33 heavy (non-hydrogen) atoms. The Hall–Kier alpha value is -2.96. The molecule has 1 aliphatic carbocycles. The minimum Gasteiger partial charge on any atom is -0.497 e. The van der Waals surface area contributed by atoms with Crippen LogP contribution in [-0.4, -0.2) is 15.5 Å². The summed E-state index contributed by atoms with van der Waals surface area (Å²) in [6, 6.07) is 18.7. The molecule has 3 atom stereocenters. The molecule has 3 aromatic carbocycles. The van der Waals surface area contributed by atoms with Gasteiger partial charge in [0.25, 0.3) is 10.0 Å². The molecule has 5 rings (SSSR count). The third-order valence-corrected chi connectivity index (χ3v) is 8.13. The van der Waals surface area contributed by atoms with Crippen molar-refractivity contribution < 1.29 is 13.2 Å². The summed E-state index contributed by atoms with van der Waals surface area (Å²) in [6.45, 7) is 1.83. The minimum atomic E-state index is -3.75. The lowest BCUT2D eigenvalue weighted by Gasteiger charge is -2.37. The summed E-state index contributed by atoms with van der Waals surface area (Å²) in [5.74, 6) is 1.27. The van der Waals surface area contributed by atoms with Gasteiger partial charge in [0.05, 0.1) is 23.7 Å². The van der Waals surface area contributed by atoms with Crippen LogP contribution in [0.2, 0.25) is 5.02 Å². The molecule has 3 aromatic rings. The number of halogens is 1. The lowest BCUT2D eigenvalue weighted by Crippen LogP contribution is -2.29. The highest BCUT2D eigenvalue weighted by Gasteiger charge is 2.38. The molecule has 2 N–H and O–H groups in total. The number of anilines is 2. The van der Waals surface area contributed by atoms with E-state index in [9.17, 15) is 8.42 Å². The summed E-state index contributed by atoms with van der Waals surface area (Å²) in [7, 11) is -2.08. The molecule has 0 bridgehead atoms. The molecule has 0 saturated heterocycles. The van der Waals surface area contributed by atoms with Crippen molar-refractivity contribution in [3.05, 3.63) is 94.5 Å². The Morgan fingerprint density at radius 1 is 1.09 bits per heavy atom. The zero-order valence-corrected chi connectivity index (χ0v) is 20.0. The second kappa shape index (κ2) is 8.43. The number of hydrogen-bond acceptors (Lipinski definition) is 4. The SMILES string of the molecule is COc1cccc([C@H]2Nc3ccc(S(=O)(=O)Nc4ccc(Cl)cc4C)cc3[C@H]3C=CC[C@H]32)c1. The van der Waals surface area contributed by atoms with Crippen LogP contribution in [0.15, 0.2) is 77.7 Å². The standard InChI is InChI=1S/C26H25ClN2O3S/c1-16-13-18(27)9-11-24(16)29-33(30,31)20-10-12-25-23(15-20)21-7-4-8-22(21)26(28-25)17-5-3-6-19(14-17)32-2/h3-7,9-15,21-22,26,28-29H,8H2,1-2H3/t21-,22+,26+/m0/s1. The van der Waals surface area contributed by atoms with Crippen molar-refractivity contribution in [3.63, 3.8) is 0 Å². The summed E-state index contributed by atoms with van der Waals surface area (Å²) in [6.07, 6.45) is 5.32. The highest BCUT2D eigenvalue weighted by molar-refractivity contribution is 7.92. The van der Waals surface area contributed by atoms with E-state index in [2.05, 4.69) is 34.3 Å². The average molecular weight is 481 g/mol. The quantitative estimate of drug-likeness (QED) is 0.421. The van der Waals surface area contributed by atoms with Gasteiger partial charge >= 0.3 is 0 Å². The monoisotopic (exact) mass is 480 g/mol. The fourth-order valence-corrected chi connectivity index (χ4v) is 6.24. The maximum atomic E-state index is 13.2. The average Bonchev–Trinajstić information content (AvgIpc) is 3.30. The van der Waals surface area contributed by atoms with Gasteiger partial charge in [-0.25, -0.2) is 8.42 Å². The lowest BCUT2D eigenvalue weighted by atomic mass is 9.77. The van der Waals surface area contributed by atoms with E-state index in [1.54, 1.807) is 37.4 Å². The number of nitrogens with one attached hydrogen (secondary N) is 2. The number of ether oxygens (including phenoxy) is 1. The molecule has 170 valence electrons. The fourth-order valence-electron chi connectivity index (χ4n) is 4.85. The van der Waals surface area contributed by atoms with E-state index in [-0.39, 0.29) is 16.9 Å². The molecule has 0 unspecified atom stereocenters. The van der Waals surface area contributed by atoms with Crippen molar-refractivity contribution in [2.24, 2.45) is 5.92 Å². The van der Waals surface area contributed by atoms with E-state index in [0.29, 0.717) is 16.6 Å². The number of sulfonamides is 1. The maximum absolute atomic E-state index is 13.2. The first-order valence-electron chi connectivity index (χ1n) is 10.9. The topological polar surface area (TPSA) is 67.4 Å². The Morgan fingerprint density at radius 2 is 1.94 bits per heavy atom. The van der Waals surface area contributed by atoms with Crippen LogP contribution in [0, 0.1) is 12.8 Å². The summed E-state index contributed by atoms with van der Waals surface area (Å²) >= 11 is 6.01. The van der Waals surface area contributed by atoms with E-state index in [4.69, 9.17) is 16.3 Å². The van der Waals surface area contributed by atoms with Crippen molar-refractivity contribution in [3.8, 4) is 5.75 Å². The molecule has 7 heteroatoms. The van der Waals surface area contributed by atoms with Gasteiger partial charge in [-0.2, -0.15) is 0 Å². The second-order valence-corrected chi connectivity index (χ2v) is 10.7. The Bertz CT molecular complexity index is 1350. The molecule has 0 saturated carbocycles. The Labute approximate surface area is 199 Å². The molecule has 2 aliphatic rings. The first kappa shape index (κ1) is 21.9. The van der Waals surface area contributed by atoms with E-state index in [1.165, 1.54) is 0 Å². The van der Waals surface area contributed by atoms with E-state index >= 15 is 0 Å². The Balaban J connectivity index is 1.49. The van der Waals surface area contributed by atoms with Gasteiger partial charge in [-0.05, 0) is 84.5 Å². The van der Waals surface area contributed by atoms with Gasteiger partial charge in [0.1, 0.15) is 5.75 Å².